The minimum Gasteiger partial charge on any atom is -0.461 e. The number of cyclic esters (lactones) is 1. The van der Waals surface area contributed by atoms with Crippen molar-refractivity contribution < 1.29 is 53.0 Å². The number of rotatable bonds is 10. The Kier molecular flexibility index (Phi) is 16.6. The van der Waals surface area contributed by atoms with Crippen molar-refractivity contribution in [1.82, 2.24) is 9.88 Å². The lowest BCUT2D eigenvalue weighted by Crippen LogP contribution is -2.60. The van der Waals surface area contributed by atoms with Gasteiger partial charge in [-0.25, -0.2) is 4.39 Å². The molecule has 4 rings (SSSR count). The summed E-state index contributed by atoms with van der Waals surface area (Å²) in [5.74, 6) is -5.21. The first-order valence-corrected chi connectivity index (χ1v) is 20.7. The number of carbonyl (C=O) groups excluding carboxylic acids is 2. The number of aliphatic hydroxyl groups is 3. The van der Waals surface area contributed by atoms with Crippen LogP contribution in [-0.4, -0.2) is 130 Å². The number of aromatic nitrogens is 1. The van der Waals surface area contributed by atoms with E-state index in [1.165, 1.54) is 38.3 Å². The van der Waals surface area contributed by atoms with Crippen LogP contribution in [-0.2, 0) is 39.7 Å². The van der Waals surface area contributed by atoms with Gasteiger partial charge in [0.15, 0.2) is 6.29 Å². The number of nitrogens with one attached hydrogen (secondary N) is 1. The molecule has 4 unspecified atom stereocenters. The van der Waals surface area contributed by atoms with Crippen molar-refractivity contribution >= 4 is 23.4 Å². The fourth-order valence-corrected chi connectivity index (χ4v) is 8.69. The molecule has 0 aliphatic carbocycles. The highest BCUT2D eigenvalue weighted by molar-refractivity contribution is 5.98. The summed E-state index contributed by atoms with van der Waals surface area (Å²) in [4.78, 5) is 33.1. The van der Waals surface area contributed by atoms with Crippen LogP contribution in [0.2, 0.25) is 0 Å². The van der Waals surface area contributed by atoms with Crippen LogP contribution in [0.25, 0.3) is 0 Å². The number of methoxy groups -OCH3 is 1. The summed E-state index contributed by atoms with van der Waals surface area (Å²) in [5.41, 5.74) is -0.976. The summed E-state index contributed by atoms with van der Waals surface area (Å²) >= 11 is 0. The van der Waals surface area contributed by atoms with Gasteiger partial charge in [-0.2, -0.15) is 10.2 Å². The monoisotopic (exact) mass is 830 g/mol. The standard InChI is InChI=1S/C44H67FN4O10/c1-13-34-44(9,54)39(52)26(4)36(48-47-29(7)32-15-14-20-46-32)24(2)23-43(8,55-12)40(59-42-37(51)33(49(10)11)21-25(3)56-42)27(5)38(28(6)41(53)57-34)58-35(50)22-30-16-18-31(45)19-17-30/h14-20,24-28,33-34,37-40,42,46,51-52,54H,13,21-23H2,1-12H3/b47-29+,48-36+/t24-,25?,26+,27+,28-,33?,34-,37?,38+,39-,40-,42?,43-,44-/m1/s1. The van der Waals surface area contributed by atoms with Crippen molar-refractivity contribution in [3.8, 4) is 0 Å². The van der Waals surface area contributed by atoms with Gasteiger partial charge in [0.2, 0.25) is 0 Å². The van der Waals surface area contributed by atoms with Crippen LogP contribution >= 0.6 is 0 Å². The molecule has 0 bridgehead atoms. The van der Waals surface area contributed by atoms with Crippen molar-refractivity contribution in [3.63, 3.8) is 0 Å². The number of carbonyl (C=O) groups is 2. The molecule has 0 radical (unpaired) electrons. The van der Waals surface area contributed by atoms with Crippen LogP contribution < -0.4 is 0 Å². The van der Waals surface area contributed by atoms with Crippen LogP contribution in [0.5, 0.6) is 0 Å². The Morgan fingerprint density at radius 3 is 2.31 bits per heavy atom. The van der Waals surface area contributed by atoms with Gasteiger partial charge >= 0.3 is 11.9 Å². The largest absolute Gasteiger partial charge is 0.461 e. The fraction of sp³-hybridized carbons (Fsp3) is 0.682. The van der Waals surface area contributed by atoms with Crippen LogP contribution in [0.1, 0.15) is 92.8 Å². The summed E-state index contributed by atoms with van der Waals surface area (Å²) in [6, 6.07) is 8.84. The third-order valence-corrected chi connectivity index (χ3v) is 12.4. The summed E-state index contributed by atoms with van der Waals surface area (Å²) < 4.78 is 45.5. The highest BCUT2D eigenvalue weighted by Gasteiger charge is 2.52. The fourth-order valence-electron chi connectivity index (χ4n) is 8.69. The molecular formula is C44H67FN4O10. The molecule has 2 aliphatic heterocycles. The summed E-state index contributed by atoms with van der Waals surface area (Å²) in [6.45, 7) is 15.7. The molecule has 14 atom stereocenters. The Balaban J connectivity index is 1.91. The van der Waals surface area contributed by atoms with Gasteiger partial charge in [0.25, 0.3) is 0 Å². The molecule has 2 aliphatic rings. The molecule has 0 amide bonds. The number of H-pyrrole nitrogens is 1. The lowest BCUT2D eigenvalue weighted by molar-refractivity contribution is -0.301. The summed E-state index contributed by atoms with van der Waals surface area (Å²) in [7, 11) is 5.26. The van der Waals surface area contributed by atoms with Gasteiger partial charge in [-0.15, -0.1) is 0 Å². The Morgan fingerprint density at radius 2 is 1.73 bits per heavy atom. The number of hydrogen-bond acceptors (Lipinski definition) is 13. The molecule has 1 aromatic heterocycles. The Labute approximate surface area is 348 Å². The minimum atomic E-state index is -1.96. The van der Waals surface area contributed by atoms with Crippen LogP contribution in [0, 0.1) is 29.5 Å². The number of hydrogen-bond donors (Lipinski definition) is 4. The third-order valence-electron chi connectivity index (χ3n) is 12.4. The zero-order valence-electron chi connectivity index (χ0n) is 36.7. The zero-order valence-corrected chi connectivity index (χ0v) is 36.7. The van der Waals surface area contributed by atoms with E-state index in [2.05, 4.69) is 10.1 Å². The average molecular weight is 831 g/mol. The van der Waals surface area contributed by atoms with Crippen molar-refractivity contribution in [2.75, 3.05) is 21.2 Å². The molecular weight excluding hydrogens is 763 g/mol. The van der Waals surface area contributed by atoms with E-state index in [9.17, 15) is 29.3 Å². The number of aromatic amines is 1. The zero-order chi connectivity index (χ0) is 44.0. The predicted molar refractivity (Wildman–Crippen MR) is 221 cm³/mol. The van der Waals surface area contributed by atoms with Crippen LogP contribution in [0.3, 0.4) is 0 Å². The van der Waals surface area contributed by atoms with E-state index < -0.39 is 89.4 Å². The SMILES string of the molecule is CC[C@H]1OC(=O)[C@H](C)[C@@H](OC(=O)Cc2ccc(F)cc2)[C@H](C)[C@@H](OC2OC(C)CC(N(C)C)C2O)[C@](C)(OC)C[C@@H](C)/C(=N\N=C(/C)c2ccc[nH]2)[C@H](C)[C@@H](O)[C@]1(C)O. The Hall–Kier alpha value is -3.57. The van der Waals surface area contributed by atoms with E-state index in [1.807, 2.05) is 51.9 Å². The quantitative estimate of drug-likeness (QED) is 0.142. The number of halogens is 1. The lowest BCUT2D eigenvalue weighted by Gasteiger charge is -2.48. The molecule has 2 saturated heterocycles. The molecule has 4 N–H and O–H groups in total. The maximum absolute atomic E-state index is 14.3. The molecule has 2 aromatic rings. The predicted octanol–water partition coefficient (Wildman–Crippen LogP) is 5.07. The first-order valence-electron chi connectivity index (χ1n) is 20.7. The Morgan fingerprint density at radius 1 is 1.07 bits per heavy atom. The molecule has 330 valence electrons. The second-order valence-electron chi connectivity index (χ2n) is 17.2. The number of likely N-dealkylation sites (N-methyl/N-ethyl adjacent to an activating group) is 1. The third kappa shape index (κ3) is 11.4. The van der Waals surface area contributed by atoms with Gasteiger partial charge in [-0.05, 0) is 104 Å². The second-order valence-corrected chi connectivity index (χ2v) is 17.2. The van der Waals surface area contributed by atoms with Crippen LogP contribution in [0.4, 0.5) is 4.39 Å². The normalized spacial score (nSPS) is 37.5. The van der Waals surface area contributed by atoms with E-state index >= 15 is 0 Å². The van der Waals surface area contributed by atoms with Crippen molar-refractivity contribution in [2.45, 2.75) is 148 Å². The number of ether oxygens (including phenoxy) is 5. The van der Waals surface area contributed by atoms with E-state index in [0.29, 0.717) is 23.4 Å². The van der Waals surface area contributed by atoms with Gasteiger partial charge in [-0.3, -0.25) is 9.59 Å². The first kappa shape index (κ1) is 48.1. The van der Waals surface area contributed by atoms with Gasteiger partial charge < -0.3 is 48.9 Å². The van der Waals surface area contributed by atoms with Gasteiger partial charge in [0.1, 0.15) is 29.7 Å². The molecule has 1 aromatic carbocycles. The number of benzene rings is 1. The molecule has 3 heterocycles. The lowest BCUT2D eigenvalue weighted by atomic mass is 9.73. The first-order chi connectivity index (χ1) is 27.6. The molecule has 0 spiro atoms. The highest BCUT2D eigenvalue weighted by atomic mass is 19.1. The highest BCUT2D eigenvalue weighted by Crippen LogP contribution is 2.40. The van der Waals surface area contributed by atoms with Gasteiger partial charge in [-0.1, -0.05) is 39.8 Å². The number of esters is 2. The molecule has 14 nitrogen and oxygen atoms in total. The number of aliphatic hydroxyl groups excluding tert-OH is 2. The van der Waals surface area contributed by atoms with Crippen molar-refractivity contribution in [1.29, 1.82) is 0 Å². The smallest absolute Gasteiger partial charge is 0.312 e. The minimum absolute atomic E-state index is 0.140. The number of nitrogens with zero attached hydrogens (tertiary/aromatic N) is 3. The van der Waals surface area contributed by atoms with E-state index in [4.69, 9.17) is 28.8 Å². The topological polar surface area (TPSA) is 185 Å². The van der Waals surface area contributed by atoms with Gasteiger partial charge in [0.05, 0.1) is 47.7 Å². The molecule has 2 fully saturated rings. The molecule has 59 heavy (non-hydrogen) atoms. The molecule has 15 heteroatoms. The van der Waals surface area contributed by atoms with E-state index in [-0.39, 0.29) is 31.4 Å². The molecule has 0 saturated carbocycles. The van der Waals surface area contributed by atoms with Crippen molar-refractivity contribution in [2.24, 2.45) is 33.9 Å². The summed E-state index contributed by atoms with van der Waals surface area (Å²) in [6.07, 6.45) is -5.03. The van der Waals surface area contributed by atoms with Crippen LogP contribution in [0.15, 0.2) is 52.8 Å². The second kappa shape index (κ2) is 20.3. The maximum Gasteiger partial charge on any atom is 0.312 e. The summed E-state index contributed by atoms with van der Waals surface area (Å²) in [5, 5.41) is 45.0. The average Bonchev–Trinajstić information content (AvgIpc) is 3.74. The van der Waals surface area contributed by atoms with Gasteiger partial charge in [0, 0.05) is 36.9 Å². The maximum atomic E-state index is 14.3. The van der Waals surface area contributed by atoms with E-state index in [0.717, 1.165) is 5.69 Å². The Bertz CT molecular complexity index is 1740. The van der Waals surface area contributed by atoms with E-state index in [1.54, 1.807) is 40.8 Å². The van der Waals surface area contributed by atoms with Crippen molar-refractivity contribution in [3.05, 3.63) is 59.7 Å².